The van der Waals surface area contributed by atoms with Crippen molar-refractivity contribution < 1.29 is 9.59 Å². The Hall–Kier alpha value is -2.68. The molecule has 2 amide bonds. The fraction of sp³-hybridized carbons (Fsp3) is 0.500. The maximum atomic E-state index is 12.4. The molecule has 148 valence electrons. The van der Waals surface area contributed by atoms with Crippen LogP contribution in [0.4, 0.5) is 5.82 Å². The van der Waals surface area contributed by atoms with Crippen molar-refractivity contribution in [2.75, 3.05) is 24.5 Å². The second-order valence-electron chi connectivity index (χ2n) is 7.18. The van der Waals surface area contributed by atoms with E-state index in [4.69, 9.17) is 11.6 Å². The molecule has 1 saturated heterocycles. The number of piperazine rings is 1. The van der Waals surface area contributed by atoms with E-state index in [9.17, 15) is 9.59 Å². The smallest absolute Gasteiger partial charge is 0.238 e. The molecule has 1 N–H and O–H groups in total. The van der Waals surface area contributed by atoms with Gasteiger partial charge in [-0.15, -0.1) is 0 Å². The molecule has 2 fully saturated rings. The van der Waals surface area contributed by atoms with Gasteiger partial charge in [-0.3, -0.25) is 14.2 Å². The average molecular weight is 404 g/mol. The van der Waals surface area contributed by atoms with Crippen molar-refractivity contribution in [3.05, 3.63) is 29.9 Å². The van der Waals surface area contributed by atoms with Crippen LogP contribution in [0.25, 0.3) is 5.95 Å². The van der Waals surface area contributed by atoms with Crippen molar-refractivity contribution in [2.45, 2.75) is 38.3 Å². The number of aromatic nitrogens is 4. The Bertz CT molecular complexity index is 869. The molecule has 1 atom stereocenters. The van der Waals surface area contributed by atoms with Crippen molar-refractivity contribution >= 4 is 29.2 Å². The van der Waals surface area contributed by atoms with Crippen molar-refractivity contribution in [1.29, 1.82) is 0 Å². The zero-order valence-electron chi connectivity index (χ0n) is 15.6. The van der Waals surface area contributed by atoms with Crippen LogP contribution in [0.3, 0.4) is 0 Å². The number of anilines is 1. The van der Waals surface area contributed by atoms with E-state index in [-0.39, 0.29) is 17.9 Å². The van der Waals surface area contributed by atoms with E-state index in [1.54, 1.807) is 41.2 Å². The monoisotopic (exact) mass is 403 g/mol. The van der Waals surface area contributed by atoms with E-state index in [0.29, 0.717) is 49.0 Å². The number of hydrogen-bond acceptors (Lipinski definition) is 6. The maximum absolute atomic E-state index is 12.4. The summed E-state index contributed by atoms with van der Waals surface area (Å²) in [4.78, 5) is 41.0. The van der Waals surface area contributed by atoms with E-state index < -0.39 is 0 Å². The second-order valence-corrected chi connectivity index (χ2v) is 7.56. The summed E-state index contributed by atoms with van der Waals surface area (Å²) in [5, 5.41) is 3.33. The van der Waals surface area contributed by atoms with E-state index in [1.165, 1.54) is 0 Å². The number of rotatable bonds is 5. The van der Waals surface area contributed by atoms with Crippen molar-refractivity contribution in [1.82, 2.24) is 29.7 Å². The number of halogens is 1. The molecule has 2 aromatic rings. The highest BCUT2D eigenvalue weighted by molar-refractivity contribution is 6.29. The van der Waals surface area contributed by atoms with Crippen LogP contribution in [0, 0.1) is 0 Å². The van der Waals surface area contributed by atoms with Gasteiger partial charge in [0, 0.05) is 57.5 Å². The largest absolute Gasteiger partial charge is 0.353 e. The molecule has 1 saturated carbocycles. The van der Waals surface area contributed by atoms with Crippen LogP contribution in [0.1, 0.15) is 26.2 Å². The molecule has 0 spiro atoms. The van der Waals surface area contributed by atoms with Crippen LogP contribution in [0.15, 0.2) is 24.8 Å². The molecule has 28 heavy (non-hydrogen) atoms. The van der Waals surface area contributed by atoms with Crippen molar-refractivity contribution in [3.63, 3.8) is 0 Å². The predicted octanol–water partition coefficient (Wildman–Crippen LogP) is 1.02. The van der Waals surface area contributed by atoms with Crippen LogP contribution < -0.4 is 10.2 Å². The summed E-state index contributed by atoms with van der Waals surface area (Å²) in [6.45, 7) is 3.15. The first-order valence-corrected chi connectivity index (χ1v) is 9.72. The fourth-order valence-electron chi connectivity index (χ4n) is 3.38. The molecule has 2 aromatic heterocycles. The lowest BCUT2D eigenvalue weighted by Gasteiger charge is -2.41. The van der Waals surface area contributed by atoms with Gasteiger partial charge in [-0.1, -0.05) is 11.6 Å². The van der Waals surface area contributed by atoms with E-state index in [1.807, 2.05) is 4.90 Å². The molecule has 2 aliphatic rings. The number of nitrogens with zero attached hydrogens (tertiary/aromatic N) is 6. The Morgan fingerprint density at radius 2 is 2.11 bits per heavy atom. The van der Waals surface area contributed by atoms with Gasteiger partial charge >= 0.3 is 0 Å². The van der Waals surface area contributed by atoms with Crippen molar-refractivity contribution in [2.24, 2.45) is 0 Å². The van der Waals surface area contributed by atoms with Gasteiger partial charge in [0.2, 0.25) is 17.8 Å². The Morgan fingerprint density at radius 1 is 1.29 bits per heavy atom. The Labute approximate surface area is 167 Å². The first-order chi connectivity index (χ1) is 13.5. The minimum Gasteiger partial charge on any atom is -0.353 e. The zero-order valence-corrected chi connectivity index (χ0v) is 16.3. The zero-order chi connectivity index (χ0) is 19.7. The van der Waals surface area contributed by atoms with Crippen LogP contribution in [-0.4, -0.2) is 68.0 Å². The van der Waals surface area contributed by atoms with Crippen LogP contribution in [-0.2, 0) is 9.59 Å². The van der Waals surface area contributed by atoms with E-state index in [2.05, 4.69) is 20.3 Å². The molecule has 1 unspecified atom stereocenters. The first-order valence-electron chi connectivity index (χ1n) is 9.34. The third-order valence-corrected chi connectivity index (χ3v) is 5.18. The third kappa shape index (κ3) is 4.24. The molecular weight excluding hydrogens is 382 g/mol. The highest BCUT2D eigenvalue weighted by Crippen LogP contribution is 2.25. The number of carbonyl (C=O) groups is 2. The van der Waals surface area contributed by atoms with Crippen LogP contribution in [0.2, 0.25) is 5.15 Å². The molecule has 0 bridgehead atoms. The number of hydrogen-bond donors (Lipinski definition) is 1. The summed E-state index contributed by atoms with van der Waals surface area (Å²) in [7, 11) is 0. The highest BCUT2D eigenvalue weighted by Gasteiger charge is 2.33. The molecule has 1 aliphatic carbocycles. The molecular formula is C18H22ClN7O2. The summed E-state index contributed by atoms with van der Waals surface area (Å²) in [5.74, 6) is 1.05. The topological polar surface area (TPSA) is 96.2 Å². The minimum atomic E-state index is -0.182. The molecule has 10 heteroatoms. The van der Waals surface area contributed by atoms with Gasteiger partial charge in [0.1, 0.15) is 17.3 Å². The lowest BCUT2D eigenvalue weighted by Crippen LogP contribution is -2.56. The normalized spacial score (nSPS) is 19.6. The average Bonchev–Trinajstić information content (AvgIpc) is 3.29. The lowest BCUT2D eigenvalue weighted by molar-refractivity contribution is -0.130. The predicted molar refractivity (Wildman–Crippen MR) is 103 cm³/mol. The lowest BCUT2D eigenvalue weighted by atomic mass is 10.1. The number of nitrogens with one attached hydrogen (secondary N) is 1. The summed E-state index contributed by atoms with van der Waals surface area (Å²) in [6.07, 6.45) is 7.35. The maximum Gasteiger partial charge on any atom is 0.238 e. The third-order valence-electron chi connectivity index (χ3n) is 4.99. The van der Waals surface area contributed by atoms with E-state index >= 15 is 0 Å². The molecule has 3 heterocycles. The number of amides is 2. The highest BCUT2D eigenvalue weighted by atomic mass is 35.5. The quantitative estimate of drug-likeness (QED) is 0.749. The number of carbonyl (C=O) groups excluding carboxylic acids is 2. The number of imidazole rings is 1. The van der Waals surface area contributed by atoms with Crippen LogP contribution >= 0.6 is 11.6 Å². The van der Waals surface area contributed by atoms with Gasteiger partial charge in [0.05, 0.1) is 6.04 Å². The Morgan fingerprint density at radius 3 is 2.79 bits per heavy atom. The van der Waals surface area contributed by atoms with Gasteiger partial charge in [0.15, 0.2) is 0 Å². The standard InChI is InChI=1S/C18H22ClN7O2/c1-12(27)24-6-7-26(14(10-24)8-17(28)21-13-2-3-13)16-9-15(19)22-18(23-16)25-5-4-20-11-25/h4-5,9,11,13-14H,2-3,6-8,10H2,1H3,(H,21,28). The molecule has 0 aromatic carbocycles. The second kappa shape index (κ2) is 7.75. The summed E-state index contributed by atoms with van der Waals surface area (Å²) in [5.41, 5.74) is 0. The van der Waals surface area contributed by atoms with Gasteiger partial charge in [-0.2, -0.15) is 4.98 Å². The Kier molecular flexibility index (Phi) is 5.17. The Balaban J connectivity index is 1.59. The summed E-state index contributed by atoms with van der Waals surface area (Å²) < 4.78 is 1.68. The molecule has 0 radical (unpaired) electrons. The SMILES string of the molecule is CC(=O)N1CCN(c2cc(Cl)nc(-n3ccnc3)n2)C(CC(=O)NC2CC2)C1. The fourth-order valence-corrected chi connectivity index (χ4v) is 3.55. The van der Waals surface area contributed by atoms with Gasteiger partial charge in [-0.25, -0.2) is 9.97 Å². The van der Waals surface area contributed by atoms with Gasteiger partial charge in [0.25, 0.3) is 0 Å². The molecule has 1 aliphatic heterocycles. The van der Waals surface area contributed by atoms with Gasteiger partial charge < -0.3 is 15.1 Å². The molecule has 9 nitrogen and oxygen atoms in total. The van der Waals surface area contributed by atoms with E-state index in [0.717, 1.165) is 12.8 Å². The molecule has 4 rings (SSSR count). The van der Waals surface area contributed by atoms with Gasteiger partial charge in [-0.05, 0) is 12.8 Å². The summed E-state index contributed by atoms with van der Waals surface area (Å²) in [6, 6.07) is 1.81. The summed E-state index contributed by atoms with van der Waals surface area (Å²) >= 11 is 6.24. The first kappa shape index (κ1) is 18.7. The minimum absolute atomic E-state index is 0.00196. The van der Waals surface area contributed by atoms with Crippen LogP contribution in [0.5, 0.6) is 0 Å². The van der Waals surface area contributed by atoms with Crippen molar-refractivity contribution in [3.8, 4) is 5.95 Å².